The molecule has 0 aromatic heterocycles. The number of benzene rings is 1. The average Bonchev–Trinajstić information content (AvgIpc) is 2.51. The van der Waals surface area contributed by atoms with Gasteiger partial charge in [0.1, 0.15) is 0 Å². The number of nitrogens with one attached hydrogen (secondary N) is 2. The molecule has 1 aromatic rings. The minimum atomic E-state index is -0.627. The fraction of sp³-hybridized carbons (Fsp3) is 0.588. The molecule has 0 saturated carbocycles. The molecule has 0 bridgehead atoms. The van der Waals surface area contributed by atoms with E-state index in [0.717, 1.165) is 26.1 Å². The topological polar surface area (TPSA) is 65.9 Å². The minimum Gasteiger partial charge on any atom is -0.505 e. The Hall–Kier alpha value is -1.09. The molecule has 1 rings (SSSR count). The zero-order valence-corrected chi connectivity index (χ0v) is 17.0. The lowest BCUT2D eigenvalue weighted by Gasteiger charge is -2.12. The molecule has 3 N–H and O–H groups in total. The molecule has 5 nitrogen and oxygen atoms in total. The van der Waals surface area contributed by atoms with Gasteiger partial charge < -0.3 is 20.5 Å². The zero-order valence-electron chi connectivity index (χ0n) is 14.6. The van der Waals surface area contributed by atoms with E-state index in [4.69, 9.17) is 4.74 Å². The summed E-state index contributed by atoms with van der Waals surface area (Å²) in [6.45, 7) is 9.59. The number of nitrogens with zero attached hydrogens (tertiary/aromatic N) is 1. The SMILES string of the molecule is CCNC(=NCc1ccc(O)c(F)c1)NCCCOCC(C)C.I. The van der Waals surface area contributed by atoms with Gasteiger partial charge in [0.05, 0.1) is 6.54 Å². The second kappa shape index (κ2) is 13.2. The van der Waals surface area contributed by atoms with E-state index in [1.54, 1.807) is 6.07 Å². The Labute approximate surface area is 161 Å². The van der Waals surface area contributed by atoms with Gasteiger partial charge in [0.2, 0.25) is 0 Å². The van der Waals surface area contributed by atoms with Crippen LogP contribution in [0.1, 0.15) is 32.8 Å². The lowest BCUT2D eigenvalue weighted by Crippen LogP contribution is -2.38. The normalized spacial score (nSPS) is 11.3. The first-order chi connectivity index (χ1) is 11.0. The molecule has 0 aliphatic rings. The van der Waals surface area contributed by atoms with Crippen LogP contribution in [0.15, 0.2) is 23.2 Å². The molecule has 138 valence electrons. The third-order valence-corrected chi connectivity index (χ3v) is 2.99. The summed E-state index contributed by atoms with van der Waals surface area (Å²) < 4.78 is 18.8. The Morgan fingerprint density at radius 1 is 1.33 bits per heavy atom. The molecular weight excluding hydrogens is 424 g/mol. The van der Waals surface area contributed by atoms with Crippen LogP contribution in [-0.2, 0) is 11.3 Å². The van der Waals surface area contributed by atoms with Gasteiger partial charge in [0, 0.05) is 26.3 Å². The first-order valence-electron chi connectivity index (χ1n) is 8.10. The fourth-order valence-corrected chi connectivity index (χ4v) is 1.86. The Balaban J connectivity index is 0.00000529. The van der Waals surface area contributed by atoms with E-state index >= 15 is 0 Å². The molecule has 0 atom stereocenters. The number of aliphatic imine (C=N–C) groups is 1. The molecule has 7 heteroatoms. The first-order valence-corrected chi connectivity index (χ1v) is 8.10. The second-order valence-corrected chi connectivity index (χ2v) is 5.73. The van der Waals surface area contributed by atoms with Crippen molar-refractivity contribution in [1.82, 2.24) is 10.6 Å². The molecule has 0 radical (unpaired) electrons. The molecule has 0 fully saturated rings. The summed E-state index contributed by atoms with van der Waals surface area (Å²) in [4.78, 5) is 4.41. The number of hydrogen-bond acceptors (Lipinski definition) is 3. The standard InChI is InChI=1S/C17H28FN3O2.HI/c1-4-19-17(20-8-5-9-23-12-13(2)3)21-11-14-6-7-16(22)15(18)10-14;/h6-7,10,13,22H,4-5,8-9,11-12H2,1-3H3,(H2,19,20,21);1H. The fourth-order valence-electron chi connectivity index (χ4n) is 1.86. The van der Waals surface area contributed by atoms with Crippen molar-refractivity contribution in [2.75, 3.05) is 26.3 Å². The quantitative estimate of drug-likeness (QED) is 0.233. The summed E-state index contributed by atoms with van der Waals surface area (Å²) in [5, 5.41) is 15.5. The smallest absolute Gasteiger partial charge is 0.191 e. The molecule has 0 unspecified atom stereocenters. The number of rotatable bonds is 9. The third-order valence-electron chi connectivity index (χ3n) is 2.99. The summed E-state index contributed by atoms with van der Waals surface area (Å²) in [6.07, 6.45) is 0.894. The first kappa shape index (κ1) is 22.9. The van der Waals surface area contributed by atoms with Gasteiger partial charge in [-0.25, -0.2) is 9.38 Å². The van der Waals surface area contributed by atoms with Crippen LogP contribution in [0.5, 0.6) is 5.75 Å². The number of ether oxygens (including phenoxy) is 1. The Kier molecular flexibility index (Phi) is 12.6. The van der Waals surface area contributed by atoms with Crippen LogP contribution in [0.3, 0.4) is 0 Å². The molecule has 0 aliphatic heterocycles. The van der Waals surface area contributed by atoms with Crippen molar-refractivity contribution in [2.45, 2.75) is 33.7 Å². The van der Waals surface area contributed by atoms with Crippen LogP contribution in [-0.4, -0.2) is 37.4 Å². The Morgan fingerprint density at radius 2 is 2.08 bits per heavy atom. The van der Waals surface area contributed by atoms with E-state index in [2.05, 4.69) is 29.5 Å². The highest BCUT2D eigenvalue weighted by Gasteiger charge is 2.02. The summed E-state index contributed by atoms with van der Waals surface area (Å²) >= 11 is 0. The molecule has 24 heavy (non-hydrogen) atoms. The highest BCUT2D eigenvalue weighted by Crippen LogP contribution is 2.16. The largest absolute Gasteiger partial charge is 0.505 e. The summed E-state index contributed by atoms with van der Waals surface area (Å²) in [5.74, 6) is 0.263. The van der Waals surface area contributed by atoms with Crippen LogP contribution < -0.4 is 10.6 Å². The van der Waals surface area contributed by atoms with Crippen LogP contribution in [0.4, 0.5) is 4.39 Å². The average molecular weight is 453 g/mol. The number of phenolic OH excluding ortho intramolecular Hbond substituents is 1. The van der Waals surface area contributed by atoms with E-state index in [9.17, 15) is 9.50 Å². The van der Waals surface area contributed by atoms with Crippen molar-refractivity contribution in [3.05, 3.63) is 29.6 Å². The van der Waals surface area contributed by atoms with Gasteiger partial charge in [0.25, 0.3) is 0 Å². The molecule has 0 heterocycles. The number of hydrogen-bond donors (Lipinski definition) is 3. The zero-order chi connectivity index (χ0) is 17.1. The lowest BCUT2D eigenvalue weighted by molar-refractivity contribution is 0.108. The van der Waals surface area contributed by atoms with E-state index in [-0.39, 0.29) is 29.7 Å². The maximum Gasteiger partial charge on any atom is 0.191 e. The monoisotopic (exact) mass is 453 g/mol. The highest BCUT2D eigenvalue weighted by atomic mass is 127. The highest BCUT2D eigenvalue weighted by molar-refractivity contribution is 14.0. The molecule has 0 spiro atoms. The Morgan fingerprint density at radius 3 is 2.71 bits per heavy atom. The van der Waals surface area contributed by atoms with Crippen LogP contribution >= 0.6 is 24.0 Å². The molecule has 0 amide bonds. The van der Waals surface area contributed by atoms with Gasteiger partial charge in [-0.05, 0) is 37.0 Å². The van der Waals surface area contributed by atoms with Crippen LogP contribution in [0.25, 0.3) is 0 Å². The summed E-state index contributed by atoms with van der Waals surface area (Å²) in [6, 6.07) is 4.29. The predicted molar refractivity (Wildman–Crippen MR) is 107 cm³/mol. The lowest BCUT2D eigenvalue weighted by atomic mass is 10.2. The van der Waals surface area contributed by atoms with E-state index in [0.29, 0.717) is 30.6 Å². The van der Waals surface area contributed by atoms with Gasteiger partial charge >= 0.3 is 0 Å². The number of aromatic hydroxyl groups is 1. The third kappa shape index (κ3) is 9.92. The Bertz CT molecular complexity index is 499. The van der Waals surface area contributed by atoms with Gasteiger partial charge in [-0.1, -0.05) is 19.9 Å². The van der Waals surface area contributed by atoms with Crippen molar-refractivity contribution in [3.8, 4) is 5.75 Å². The van der Waals surface area contributed by atoms with E-state index in [1.165, 1.54) is 12.1 Å². The van der Waals surface area contributed by atoms with Crippen molar-refractivity contribution in [1.29, 1.82) is 0 Å². The molecular formula is C17H29FIN3O2. The summed E-state index contributed by atoms with van der Waals surface area (Å²) in [5.41, 5.74) is 0.706. The number of guanidine groups is 1. The van der Waals surface area contributed by atoms with Crippen molar-refractivity contribution in [2.24, 2.45) is 10.9 Å². The maximum absolute atomic E-state index is 13.3. The molecule has 0 aliphatic carbocycles. The van der Waals surface area contributed by atoms with Crippen molar-refractivity contribution in [3.63, 3.8) is 0 Å². The van der Waals surface area contributed by atoms with E-state index in [1.807, 2.05) is 6.92 Å². The van der Waals surface area contributed by atoms with Crippen LogP contribution in [0.2, 0.25) is 0 Å². The number of phenols is 1. The van der Waals surface area contributed by atoms with Crippen LogP contribution in [0, 0.1) is 11.7 Å². The summed E-state index contributed by atoms with van der Waals surface area (Å²) in [7, 11) is 0. The van der Waals surface area contributed by atoms with Crippen molar-refractivity contribution >= 4 is 29.9 Å². The van der Waals surface area contributed by atoms with Gasteiger partial charge in [-0.3, -0.25) is 0 Å². The van der Waals surface area contributed by atoms with Gasteiger partial charge in [0.15, 0.2) is 17.5 Å². The molecule has 0 saturated heterocycles. The predicted octanol–water partition coefficient (Wildman–Crippen LogP) is 3.27. The second-order valence-electron chi connectivity index (χ2n) is 5.73. The molecule has 1 aromatic carbocycles. The van der Waals surface area contributed by atoms with Gasteiger partial charge in [-0.2, -0.15) is 0 Å². The minimum absolute atomic E-state index is 0. The number of halogens is 2. The maximum atomic E-state index is 13.3. The van der Waals surface area contributed by atoms with E-state index < -0.39 is 5.82 Å². The van der Waals surface area contributed by atoms with Crippen molar-refractivity contribution < 1.29 is 14.2 Å². The van der Waals surface area contributed by atoms with Gasteiger partial charge in [-0.15, -0.1) is 24.0 Å².